The first-order valence-corrected chi connectivity index (χ1v) is 11.5. The monoisotopic (exact) mass is 427 g/mol. The van der Waals surface area contributed by atoms with Gasteiger partial charge < -0.3 is 14.2 Å². The molecule has 6 nitrogen and oxygen atoms in total. The van der Waals surface area contributed by atoms with Crippen LogP contribution in [-0.4, -0.2) is 40.5 Å². The molecule has 1 saturated carbocycles. The van der Waals surface area contributed by atoms with Crippen LogP contribution in [0.2, 0.25) is 0 Å². The summed E-state index contributed by atoms with van der Waals surface area (Å²) in [5, 5.41) is 9.50. The van der Waals surface area contributed by atoms with Gasteiger partial charge in [0.15, 0.2) is 6.61 Å². The van der Waals surface area contributed by atoms with Crippen LogP contribution < -0.4 is 0 Å². The molecule has 1 aliphatic rings. The van der Waals surface area contributed by atoms with Gasteiger partial charge in [-0.1, -0.05) is 33.1 Å². The van der Waals surface area contributed by atoms with Gasteiger partial charge in [0.1, 0.15) is 11.6 Å². The molecule has 0 unspecified atom stereocenters. The maximum atomic E-state index is 12.6. The van der Waals surface area contributed by atoms with Crippen LogP contribution in [0.5, 0.6) is 0 Å². The normalized spacial score (nSPS) is 15.1. The van der Waals surface area contributed by atoms with Crippen LogP contribution in [-0.2, 0) is 20.9 Å². The van der Waals surface area contributed by atoms with Crippen molar-refractivity contribution in [3.8, 4) is 6.07 Å². The molecule has 0 bridgehead atoms. The fourth-order valence-electron chi connectivity index (χ4n) is 4.32. The van der Waals surface area contributed by atoms with Gasteiger partial charge in [0, 0.05) is 30.5 Å². The predicted molar refractivity (Wildman–Crippen MR) is 122 cm³/mol. The first-order valence-electron chi connectivity index (χ1n) is 11.5. The van der Waals surface area contributed by atoms with E-state index in [4.69, 9.17) is 4.74 Å². The summed E-state index contributed by atoms with van der Waals surface area (Å²) >= 11 is 0. The molecule has 0 saturated heterocycles. The molecule has 1 amide bonds. The molecule has 31 heavy (non-hydrogen) atoms. The fourth-order valence-corrected chi connectivity index (χ4v) is 4.32. The summed E-state index contributed by atoms with van der Waals surface area (Å²) in [5.74, 6) is -0.340. The van der Waals surface area contributed by atoms with Crippen LogP contribution in [0.1, 0.15) is 76.2 Å². The standard InChI is InChI=1S/C25H37N3O3/c1-6-27(23-10-8-7-9-11-23)24(29)17-31-25(30)22(16-26)15-21-14-19(4)28(20(21)5)13-12-18(2)3/h14-15,18,23H,6-13,17H2,1-5H3/b22-15+. The Labute approximate surface area is 186 Å². The number of hydrogen-bond acceptors (Lipinski definition) is 4. The number of nitrogens with zero attached hydrogens (tertiary/aromatic N) is 3. The topological polar surface area (TPSA) is 75.3 Å². The lowest BCUT2D eigenvalue weighted by atomic mass is 9.94. The third-order valence-electron chi connectivity index (χ3n) is 6.19. The van der Waals surface area contributed by atoms with Gasteiger partial charge in [0.25, 0.3) is 5.91 Å². The Morgan fingerprint density at radius 1 is 1.29 bits per heavy atom. The summed E-state index contributed by atoms with van der Waals surface area (Å²) < 4.78 is 7.44. The lowest BCUT2D eigenvalue weighted by Crippen LogP contribution is -2.43. The Hall–Kier alpha value is -2.55. The van der Waals surface area contributed by atoms with Crippen LogP contribution in [0.3, 0.4) is 0 Å². The second-order valence-corrected chi connectivity index (χ2v) is 8.88. The Balaban J connectivity index is 2.04. The maximum absolute atomic E-state index is 12.6. The summed E-state index contributed by atoms with van der Waals surface area (Å²) in [7, 11) is 0. The maximum Gasteiger partial charge on any atom is 0.349 e. The molecule has 1 aromatic heterocycles. The van der Waals surface area contributed by atoms with Gasteiger partial charge in [0.2, 0.25) is 0 Å². The summed E-state index contributed by atoms with van der Waals surface area (Å²) in [4.78, 5) is 26.9. The first-order chi connectivity index (χ1) is 14.8. The molecule has 1 aromatic rings. The third-order valence-corrected chi connectivity index (χ3v) is 6.19. The zero-order valence-corrected chi connectivity index (χ0v) is 19.7. The average Bonchev–Trinajstić information content (AvgIpc) is 3.02. The number of aryl methyl sites for hydroxylation is 1. The van der Waals surface area contributed by atoms with E-state index in [1.54, 1.807) is 6.08 Å². The third kappa shape index (κ3) is 6.72. The smallest absolute Gasteiger partial charge is 0.349 e. The zero-order chi connectivity index (χ0) is 23.0. The zero-order valence-electron chi connectivity index (χ0n) is 19.7. The number of carbonyl (C=O) groups is 2. The Morgan fingerprint density at radius 3 is 2.55 bits per heavy atom. The second kappa shape index (κ2) is 11.7. The summed E-state index contributed by atoms with van der Waals surface area (Å²) in [5.41, 5.74) is 2.86. The van der Waals surface area contributed by atoms with Crippen LogP contribution >= 0.6 is 0 Å². The molecule has 1 aliphatic carbocycles. The van der Waals surface area contributed by atoms with Crippen molar-refractivity contribution in [1.82, 2.24) is 9.47 Å². The van der Waals surface area contributed by atoms with Crippen LogP contribution in [0.4, 0.5) is 0 Å². The Morgan fingerprint density at radius 2 is 1.97 bits per heavy atom. The molecule has 0 spiro atoms. The van der Waals surface area contributed by atoms with E-state index in [9.17, 15) is 14.9 Å². The van der Waals surface area contributed by atoms with E-state index >= 15 is 0 Å². The van der Waals surface area contributed by atoms with Crippen molar-refractivity contribution in [2.45, 2.75) is 85.7 Å². The molecule has 1 fully saturated rings. The molecule has 1 heterocycles. The van der Waals surface area contributed by atoms with Crippen LogP contribution in [0.15, 0.2) is 11.6 Å². The van der Waals surface area contributed by atoms with Crippen LogP contribution in [0.25, 0.3) is 6.08 Å². The first kappa shape index (κ1) is 24.7. The number of carbonyl (C=O) groups excluding carboxylic acids is 2. The lowest BCUT2D eigenvalue weighted by molar-refractivity contribution is -0.150. The van der Waals surface area contributed by atoms with E-state index in [1.165, 1.54) is 6.42 Å². The van der Waals surface area contributed by atoms with Crippen LogP contribution in [0, 0.1) is 31.1 Å². The van der Waals surface area contributed by atoms with Gasteiger partial charge >= 0.3 is 5.97 Å². The summed E-state index contributed by atoms with van der Waals surface area (Å²) in [6.45, 7) is 11.5. The molecule has 0 N–H and O–H groups in total. The van der Waals surface area contributed by atoms with Gasteiger partial charge in [-0.25, -0.2) is 4.79 Å². The minimum atomic E-state index is -0.748. The molecule has 0 aliphatic heterocycles. The Bertz CT molecular complexity index is 839. The average molecular weight is 428 g/mol. The number of nitriles is 1. The quantitative estimate of drug-likeness (QED) is 0.323. The highest BCUT2D eigenvalue weighted by molar-refractivity contribution is 5.99. The van der Waals surface area contributed by atoms with Gasteiger partial charge in [-0.3, -0.25) is 4.79 Å². The molecule has 2 rings (SSSR count). The molecule has 0 aromatic carbocycles. The van der Waals surface area contributed by atoms with E-state index in [0.29, 0.717) is 12.5 Å². The minimum Gasteiger partial charge on any atom is -0.451 e. The van der Waals surface area contributed by atoms with Gasteiger partial charge in [-0.2, -0.15) is 5.26 Å². The molecule has 170 valence electrons. The highest BCUT2D eigenvalue weighted by atomic mass is 16.5. The highest BCUT2D eigenvalue weighted by Crippen LogP contribution is 2.23. The van der Waals surface area contributed by atoms with Crippen molar-refractivity contribution in [2.24, 2.45) is 5.92 Å². The van der Waals surface area contributed by atoms with E-state index in [1.807, 2.05) is 37.8 Å². The largest absolute Gasteiger partial charge is 0.451 e. The van der Waals surface area contributed by atoms with Gasteiger partial charge in [-0.05, 0) is 63.7 Å². The summed E-state index contributed by atoms with van der Waals surface area (Å²) in [6, 6.07) is 4.15. The number of likely N-dealkylation sites (N-methyl/N-ethyl adjacent to an activating group) is 1. The van der Waals surface area contributed by atoms with Crippen molar-refractivity contribution in [1.29, 1.82) is 5.26 Å². The molecule has 0 atom stereocenters. The van der Waals surface area contributed by atoms with E-state index in [2.05, 4.69) is 18.4 Å². The molecule has 6 heteroatoms. The van der Waals surface area contributed by atoms with Crippen molar-refractivity contribution in [3.63, 3.8) is 0 Å². The van der Waals surface area contributed by atoms with Gasteiger partial charge in [-0.15, -0.1) is 0 Å². The molecular formula is C25H37N3O3. The molecular weight excluding hydrogens is 390 g/mol. The molecule has 0 radical (unpaired) electrons. The number of ether oxygens (including phenoxy) is 1. The number of aromatic nitrogens is 1. The SMILES string of the molecule is CCN(C(=O)COC(=O)/C(C#N)=C/c1cc(C)n(CCC(C)C)c1C)C1CCCCC1. The van der Waals surface area contributed by atoms with Crippen molar-refractivity contribution in [2.75, 3.05) is 13.2 Å². The van der Waals surface area contributed by atoms with E-state index in [-0.39, 0.29) is 24.1 Å². The van der Waals surface area contributed by atoms with E-state index in [0.717, 1.165) is 55.6 Å². The number of esters is 1. The highest BCUT2D eigenvalue weighted by Gasteiger charge is 2.25. The van der Waals surface area contributed by atoms with E-state index < -0.39 is 5.97 Å². The predicted octanol–water partition coefficient (Wildman–Crippen LogP) is 4.78. The van der Waals surface area contributed by atoms with Crippen molar-refractivity contribution < 1.29 is 14.3 Å². The van der Waals surface area contributed by atoms with Crippen molar-refractivity contribution >= 4 is 18.0 Å². The number of amides is 1. The number of rotatable bonds is 9. The van der Waals surface area contributed by atoms with Crippen molar-refractivity contribution in [3.05, 3.63) is 28.6 Å². The second-order valence-electron chi connectivity index (χ2n) is 8.88. The lowest BCUT2D eigenvalue weighted by Gasteiger charge is -2.33. The fraction of sp³-hybridized carbons (Fsp3) is 0.640. The number of hydrogen-bond donors (Lipinski definition) is 0. The minimum absolute atomic E-state index is 0.0855. The summed E-state index contributed by atoms with van der Waals surface area (Å²) in [6.07, 6.45) is 8.11. The van der Waals surface area contributed by atoms with Gasteiger partial charge in [0.05, 0.1) is 0 Å². The Kier molecular flexibility index (Phi) is 9.36.